The third-order valence-corrected chi connectivity index (χ3v) is 5.44. The van der Waals surface area contributed by atoms with E-state index in [1.807, 2.05) is 4.68 Å². The van der Waals surface area contributed by atoms with Crippen LogP contribution in [-0.4, -0.2) is 44.3 Å². The third kappa shape index (κ3) is 2.72. The van der Waals surface area contributed by atoms with Gasteiger partial charge >= 0.3 is 0 Å². The molecule has 1 aliphatic heterocycles. The lowest BCUT2D eigenvalue weighted by Crippen LogP contribution is -2.61. The van der Waals surface area contributed by atoms with Crippen LogP contribution in [0.1, 0.15) is 51.3 Å². The van der Waals surface area contributed by atoms with Crippen LogP contribution in [0.4, 0.5) is 0 Å². The number of nitrogens with two attached hydrogens (primary N) is 1. The predicted octanol–water partition coefficient (Wildman–Crippen LogP) is 1.08. The van der Waals surface area contributed by atoms with Gasteiger partial charge < -0.3 is 0 Å². The van der Waals surface area contributed by atoms with Gasteiger partial charge in [0.05, 0.1) is 0 Å². The van der Waals surface area contributed by atoms with Gasteiger partial charge in [0.25, 0.3) is 0 Å². The maximum Gasteiger partial charge on any atom is 0.138 e. The van der Waals surface area contributed by atoms with E-state index in [0.717, 1.165) is 18.8 Å². The Kier molecular flexibility index (Phi) is 4.57. The number of nitrogens with zero attached hydrogens (tertiary/aromatic N) is 4. The quantitative estimate of drug-likeness (QED) is 0.606. The van der Waals surface area contributed by atoms with Crippen LogP contribution in [0.5, 0.6) is 0 Å². The van der Waals surface area contributed by atoms with Crippen LogP contribution in [0.3, 0.4) is 0 Å². The smallest absolute Gasteiger partial charge is 0.138 e. The lowest BCUT2D eigenvalue weighted by Gasteiger charge is -2.44. The molecule has 21 heavy (non-hydrogen) atoms. The van der Waals surface area contributed by atoms with Gasteiger partial charge in [-0.15, -0.1) is 0 Å². The van der Waals surface area contributed by atoms with E-state index in [1.54, 1.807) is 6.33 Å². The van der Waals surface area contributed by atoms with Crippen molar-refractivity contribution in [2.75, 3.05) is 13.1 Å². The summed E-state index contributed by atoms with van der Waals surface area (Å²) in [6, 6.07) is 0.257. The Morgan fingerprint density at radius 1 is 1.29 bits per heavy atom. The number of hydrogen-bond donors (Lipinski definition) is 2. The van der Waals surface area contributed by atoms with E-state index in [1.165, 1.54) is 51.6 Å². The van der Waals surface area contributed by atoms with Crippen LogP contribution in [-0.2, 0) is 13.0 Å². The van der Waals surface area contributed by atoms with Crippen molar-refractivity contribution in [3.05, 3.63) is 12.2 Å². The second kappa shape index (κ2) is 6.42. The highest BCUT2D eigenvalue weighted by Gasteiger charge is 2.46. The van der Waals surface area contributed by atoms with Crippen molar-refractivity contribution < 1.29 is 0 Å². The fourth-order valence-electron chi connectivity index (χ4n) is 4.33. The monoisotopic (exact) mass is 292 g/mol. The van der Waals surface area contributed by atoms with Crippen LogP contribution in [0.2, 0.25) is 0 Å². The molecule has 0 amide bonds. The minimum absolute atomic E-state index is 0.218. The van der Waals surface area contributed by atoms with Gasteiger partial charge in [0.15, 0.2) is 0 Å². The predicted molar refractivity (Wildman–Crippen MR) is 82.5 cm³/mol. The summed E-state index contributed by atoms with van der Waals surface area (Å²) in [5.74, 6) is 7.03. The van der Waals surface area contributed by atoms with E-state index in [9.17, 15) is 0 Å². The zero-order chi connectivity index (χ0) is 14.7. The van der Waals surface area contributed by atoms with Gasteiger partial charge in [0.1, 0.15) is 12.2 Å². The molecule has 6 heteroatoms. The van der Waals surface area contributed by atoms with Crippen molar-refractivity contribution in [3.8, 4) is 0 Å². The Bertz CT molecular complexity index is 445. The van der Waals surface area contributed by atoms with Crippen LogP contribution in [0, 0.1) is 0 Å². The fourth-order valence-corrected chi connectivity index (χ4v) is 4.33. The first-order valence-electron chi connectivity index (χ1n) is 8.38. The Labute approximate surface area is 127 Å². The van der Waals surface area contributed by atoms with Gasteiger partial charge in [0, 0.05) is 24.5 Å². The minimum Gasteiger partial charge on any atom is -0.296 e. The Morgan fingerprint density at radius 2 is 2.00 bits per heavy atom. The largest absolute Gasteiger partial charge is 0.296 e. The first-order valence-corrected chi connectivity index (χ1v) is 8.38. The molecule has 1 aliphatic carbocycles. The summed E-state index contributed by atoms with van der Waals surface area (Å²) < 4.78 is 1.98. The molecule has 0 aromatic carbocycles. The van der Waals surface area contributed by atoms with Crippen molar-refractivity contribution in [1.82, 2.24) is 25.1 Å². The molecule has 1 aromatic heterocycles. The number of hydrogen-bond acceptors (Lipinski definition) is 5. The Morgan fingerprint density at radius 3 is 2.62 bits per heavy atom. The SMILES string of the molecule is CCn1ncnc1CC(NN)C1(N2CCCC2)CCCC1. The average molecular weight is 292 g/mol. The molecule has 118 valence electrons. The number of hydrazine groups is 1. The minimum atomic E-state index is 0.218. The normalized spacial score (nSPS) is 23.7. The third-order valence-electron chi connectivity index (χ3n) is 5.44. The summed E-state index contributed by atoms with van der Waals surface area (Å²) in [4.78, 5) is 7.13. The van der Waals surface area contributed by atoms with Crippen LogP contribution in [0.15, 0.2) is 6.33 Å². The summed E-state index contributed by atoms with van der Waals surface area (Å²) >= 11 is 0. The van der Waals surface area contributed by atoms with Gasteiger partial charge in [-0.1, -0.05) is 12.8 Å². The van der Waals surface area contributed by atoms with E-state index >= 15 is 0 Å². The summed E-state index contributed by atoms with van der Waals surface area (Å²) in [5, 5.41) is 4.29. The molecule has 1 aromatic rings. The van der Waals surface area contributed by atoms with Crippen LogP contribution >= 0.6 is 0 Å². The van der Waals surface area contributed by atoms with E-state index in [4.69, 9.17) is 5.84 Å². The molecule has 1 unspecified atom stereocenters. The van der Waals surface area contributed by atoms with Crippen molar-refractivity contribution >= 4 is 0 Å². The summed E-state index contributed by atoms with van der Waals surface area (Å²) in [6.07, 6.45) is 10.3. The van der Waals surface area contributed by atoms with Crippen molar-refractivity contribution in [3.63, 3.8) is 0 Å². The lowest BCUT2D eigenvalue weighted by atomic mass is 9.84. The summed E-state index contributed by atoms with van der Waals surface area (Å²) in [6.45, 7) is 5.41. The van der Waals surface area contributed by atoms with Gasteiger partial charge in [-0.2, -0.15) is 5.10 Å². The molecule has 0 bridgehead atoms. The number of rotatable bonds is 6. The molecule has 1 saturated carbocycles. The highest BCUT2D eigenvalue weighted by molar-refractivity contribution is 5.07. The lowest BCUT2D eigenvalue weighted by molar-refractivity contribution is 0.0753. The molecule has 3 N–H and O–H groups in total. The zero-order valence-electron chi connectivity index (χ0n) is 13.1. The highest BCUT2D eigenvalue weighted by Crippen LogP contribution is 2.40. The van der Waals surface area contributed by atoms with E-state index in [0.29, 0.717) is 0 Å². The van der Waals surface area contributed by atoms with Gasteiger partial charge in [0.2, 0.25) is 0 Å². The summed E-state index contributed by atoms with van der Waals surface area (Å²) in [5.41, 5.74) is 3.35. The highest BCUT2D eigenvalue weighted by atomic mass is 15.3. The van der Waals surface area contributed by atoms with Crippen molar-refractivity contribution in [2.24, 2.45) is 5.84 Å². The standard InChI is InChI=1S/C15H28N6/c1-2-21-14(17-12-18-21)11-13(19-16)15(7-3-4-8-15)20-9-5-6-10-20/h12-13,19H,2-11,16H2,1H3. The number of nitrogens with one attached hydrogen (secondary N) is 1. The van der Waals surface area contributed by atoms with Crippen LogP contribution in [0.25, 0.3) is 0 Å². The Hall–Kier alpha value is -0.980. The van der Waals surface area contributed by atoms with Crippen LogP contribution < -0.4 is 11.3 Å². The number of aromatic nitrogens is 3. The molecule has 2 aliphatic rings. The topological polar surface area (TPSA) is 72.0 Å². The molecule has 0 spiro atoms. The second-order valence-electron chi connectivity index (χ2n) is 6.42. The molecule has 1 saturated heterocycles. The molecule has 0 radical (unpaired) electrons. The number of aryl methyl sites for hydroxylation is 1. The van der Waals surface area contributed by atoms with Crippen molar-refractivity contribution in [2.45, 2.75) is 70.0 Å². The molecule has 2 heterocycles. The zero-order valence-corrected chi connectivity index (χ0v) is 13.1. The molecule has 6 nitrogen and oxygen atoms in total. The first-order chi connectivity index (χ1) is 10.3. The van der Waals surface area contributed by atoms with Gasteiger partial charge in [-0.25, -0.2) is 4.98 Å². The molecular weight excluding hydrogens is 264 g/mol. The van der Waals surface area contributed by atoms with Gasteiger partial charge in [-0.05, 0) is 45.7 Å². The van der Waals surface area contributed by atoms with E-state index in [-0.39, 0.29) is 11.6 Å². The fraction of sp³-hybridized carbons (Fsp3) is 0.867. The maximum atomic E-state index is 5.98. The number of likely N-dealkylation sites (tertiary alicyclic amines) is 1. The second-order valence-corrected chi connectivity index (χ2v) is 6.42. The maximum absolute atomic E-state index is 5.98. The molecule has 1 atom stereocenters. The molecule has 3 rings (SSSR count). The van der Waals surface area contributed by atoms with Crippen molar-refractivity contribution in [1.29, 1.82) is 0 Å². The van der Waals surface area contributed by atoms with E-state index < -0.39 is 0 Å². The Balaban J connectivity index is 1.82. The summed E-state index contributed by atoms with van der Waals surface area (Å²) in [7, 11) is 0. The van der Waals surface area contributed by atoms with E-state index in [2.05, 4.69) is 27.3 Å². The molecular formula is C15H28N6. The average Bonchev–Trinajstić information content (AvgIpc) is 3.24. The molecule has 2 fully saturated rings. The van der Waals surface area contributed by atoms with Gasteiger partial charge in [-0.3, -0.25) is 20.9 Å². The first kappa shape index (κ1) is 14.9.